The molecule has 0 radical (unpaired) electrons. The van der Waals surface area contributed by atoms with Crippen LogP contribution in [-0.2, 0) is 0 Å². The lowest BCUT2D eigenvalue weighted by molar-refractivity contribution is 0.0150. The molecule has 0 aromatic heterocycles. The van der Waals surface area contributed by atoms with E-state index in [1.165, 1.54) is 0 Å². The minimum atomic E-state index is -0.658. The monoisotopic (exact) mass is 241 g/mol. The van der Waals surface area contributed by atoms with E-state index < -0.39 is 5.60 Å². The van der Waals surface area contributed by atoms with Crippen molar-refractivity contribution in [3.63, 3.8) is 0 Å². The van der Waals surface area contributed by atoms with Gasteiger partial charge in [0.1, 0.15) is 0 Å². The van der Waals surface area contributed by atoms with Crippen molar-refractivity contribution in [2.75, 3.05) is 13.1 Å². The Balaban J connectivity index is 2.74. The number of hydrogen-bond donors (Lipinski definition) is 4. The average Bonchev–Trinajstić information content (AvgIpc) is 2.27. The third kappa shape index (κ3) is 4.74. The zero-order valence-electron chi connectivity index (χ0n) is 10.9. The van der Waals surface area contributed by atoms with Gasteiger partial charge in [-0.25, -0.2) is 0 Å². The van der Waals surface area contributed by atoms with Crippen LogP contribution in [-0.4, -0.2) is 29.5 Å². The van der Waals surface area contributed by atoms with Gasteiger partial charge >= 0.3 is 0 Å². The van der Waals surface area contributed by atoms with E-state index in [0.29, 0.717) is 19.0 Å². The van der Waals surface area contributed by atoms with Gasteiger partial charge in [-0.3, -0.25) is 0 Å². The highest BCUT2D eigenvalue weighted by Gasteiger charge is 2.29. The first-order valence-electron chi connectivity index (χ1n) is 6.67. The summed E-state index contributed by atoms with van der Waals surface area (Å²) >= 11 is 0. The van der Waals surface area contributed by atoms with E-state index in [1.54, 1.807) is 0 Å². The van der Waals surface area contributed by atoms with Gasteiger partial charge in [0.15, 0.2) is 0 Å². The van der Waals surface area contributed by atoms with Crippen molar-refractivity contribution in [1.29, 1.82) is 5.41 Å². The van der Waals surface area contributed by atoms with Gasteiger partial charge in [-0.2, -0.15) is 0 Å². The Morgan fingerprint density at radius 3 is 2.53 bits per heavy atom. The molecule has 1 rings (SSSR count). The van der Waals surface area contributed by atoms with E-state index in [4.69, 9.17) is 16.9 Å². The Labute approximate surface area is 104 Å². The van der Waals surface area contributed by atoms with Gasteiger partial charge in [0, 0.05) is 5.71 Å². The van der Waals surface area contributed by atoms with Crippen molar-refractivity contribution in [3.8, 4) is 0 Å². The molecule has 3 atom stereocenters. The maximum Gasteiger partial charge on any atom is 0.0623 e. The SMILES string of the molecule is C[C@]1(O)CCCC(=N)CCC(CN)C(CN)C1. The van der Waals surface area contributed by atoms with Crippen LogP contribution in [0.1, 0.15) is 45.4 Å². The molecule has 0 heterocycles. The normalized spacial score (nSPS) is 36.8. The molecular weight excluding hydrogens is 214 g/mol. The predicted molar refractivity (Wildman–Crippen MR) is 71.1 cm³/mol. The molecule has 17 heavy (non-hydrogen) atoms. The third-order valence-corrected chi connectivity index (χ3v) is 3.98. The highest BCUT2D eigenvalue weighted by Crippen LogP contribution is 2.30. The quantitative estimate of drug-likeness (QED) is 0.586. The van der Waals surface area contributed by atoms with E-state index in [-0.39, 0.29) is 5.92 Å². The van der Waals surface area contributed by atoms with E-state index in [1.807, 2.05) is 6.92 Å². The molecule has 1 aliphatic rings. The maximum absolute atomic E-state index is 10.3. The molecule has 2 unspecified atom stereocenters. The molecule has 0 saturated heterocycles. The second kappa shape index (κ2) is 6.47. The Bertz CT molecular complexity index is 253. The fourth-order valence-electron chi connectivity index (χ4n) is 2.82. The number of nitrogens with one attached hydrogen (secondary N) is 1. The Morgan fingerprint density at radius 2 is 1.94 bits per heavy atom. The molecule has 6 N–H and O–H groups in total. The van der Waals surface area contributed by atoms with Gasteiger partial charge in [0.25, 0.3) is 0 Å². The summed E-state index contributed by atoms with van der Waals surface area (Å²) in [6.45, 7) is 3.06. The summed E-state index contributed by atoms with van der Waals surface area (Å²) < 4.78 is 0. The third-order valence-electron chi connectivity index (χ3n) is 3.98. The minimum absolute atomic E-state index is 0.279. The van der Waals surface area contributed by atoms with Gasteiger partial charge in [0.2, 0.25) is 0 Å². The fourth-order valence-corrected chi connectivity index (χ4v) is 2.82. The largest absolute Gasteiger partial charge is 0.390 e. The molecule has 1 aliphatic carbocycles. The Kier molecular flexibility index (Phi) is 5.56. The zero-order valence-corrected chi connectivity index (χ0v) is 10.9. The van der Waals surface area contributed by atoms with E-state index in [2.05, 4.69) is 0 Å². The second-order valence-corrected chi connectivity index (χ2v) is 5.69. The summed E-state index contributed by atoms with van der Waals surface area (Å²) in [6.07, 6.45) is 4.97. The molecule has 0 aromatic rings. The highest BCUT2D eigenvalue weighted by atomic mass is 16.3. The van der Waals surface area contributed by atoms with Gasteiger partial charge in [0.05, 0.1) is 5.60 Å². The van der Waals surface area contributed by atoms with Crippen molar-refractivity contribution < 1.29 is 5.11 Å². The molecule has 100 valence electrons. The molecule has 4 nitrogen and oxygen atoms in total. The number of aliphatic hydroxyl groups is 1. The standard InChI is InChI=1S/C13H27N3O/c1-13(17)6-2-3-12(16)5-4-10(8-14)11(7-13)9-15/h10-11,16-17H,2-9,14-15H2,1H3/t10?,11?,13-/m0/s1. The van der Waals surface area contributed by atoms with Gasteiger partial charge in [-0.15, -0.1) is 0 Å². The van der Waals surface area contributed by atoms with Crippen LogP contribution < -0.4 is 11.5 Å². The summed E-state index contributed by atoms with van der Waals surface area (Å²) in [4.78, 5) is 0. The molecule has 0 spiro atoms. The van der Waals surface area contributed by atoms with Crippen LogP contribution in [0.4, 0.5) is 0 Å². The van der Waals surface area contributed by atoms with Gasteiger partial charge < -0.3 is 22.0 Å². The van der Waals surface area contributed by atoms with Crippen LogP contribution in [0.5, 0.6) is 0 Å². The smallest absolute Gasteiger partial charge is 0.0623 e. The van der Waals surface area contributed by atoms with Crippen LogP contribution >= 0.6 is 0 Å². The second-order valence-electron chi connectivity index (χ2n) is 5.69. The zero-order chi connectivity index (χ0) is 12.9. The average molecular weight is 241 g/mol. The topological polar surface area (TPSA) is 96.1 Å². The summed E-state index contributed by atoms with van der Waals surface area (Å²) in [6, 6.07) is 0. The number of rotatable bonds is 2. The van der Waals surface area contributed by atoms with Crippen LogP contribution in [0, 0.1) is 17.2 Å². The summed E-state index contributed by atoms with van der Waals surface area (Å²) in [7, 11) is 0. The van der Waals surface area contributed by atoms with Crippen molar-refractivity contribution in [2.45, 2.75) is 51.0 Å². The first-order chi connectivity index (χ1) is 7.98. The van der Waals surface area contributed by atoms with Gasteiger partial charge in [-0.05, 0) is 70.4 Å². The molecule has 0 aromatic carbocycles. The molecule has 0 aliphatic heterocycles. The van der Waals surface area contributed by atoms with Crippen LogP contribution in [0.2, 0.25) is 0 Å². The fraction of sp³-hybridized carbons (Fsp3) is 0.923. The molecule has 1 saturated carbocycles. The lowest BCUT2D eigenvalue weighted by atomic mass is 9.77. The summed E-state index contributed by atoms with van der Waals surface area (Å²) in [5.74, 6) is 0.617. The van der Waals surface area contributed by atoms with Crippen LogP contribution in [0.15, 0.2) is 0 Å². The highest BCUT2D eigenvalue weighted by molar-refractivity contribution is 5.81. The van der Waals surface area contributed by atoms with Gasteiger partial charge in [-0.1, -0.05) is 0 Å². The van der Waals surface area contributed by atoms with E-state index >= 15 is 0 Å². The predicted octanol–water partition coefficient (Wildman–Crippen LogP) is 1.26. The van der Waals surface area contributed by atoms with Crippen molar-refractivity contribution in [3.05, 3.63) is 0 Å². The lowest BCUT2D eigenvalue weighted by Crippen LogP contribution is -2.37. The van der Waals surface area contributed by atoms with Crippen molar-refractivity contribution >= 4 is 5.71 Å². The van der Waals surface area contributed by atoms with E-state index in [9.17, 15) is 5.11 Å². The lowest BCUT2D eigenvalue weighted by Gasteiger charge is -2.33. The summed E-state index contributed by atoms with van der Waals surface area (Å²) in [5, 5.41) is 18.2. The molecule has 0 bridgehead atoms. The molecular formula is C13H27N3O. The Hall–Kier alpha value is -0.450. The minimum Gasteiger partial charge on any atom is -0.390 e. The van der Waals surface area contributed by atoms with Crippen LogP contribution in [0.3, 0.4) is 0 Å². The molecule has 4 heteroatoms. The molecule has 1 fully saturated rings. The summed E-state index contributed by atoms with van der Waals surface area (Å²) in [5.41, 5.74) is 11.8. The van der Waals surface area contributed by atoms with Crippen LogP contribution in [0.25, 0.3) is 0 Å². The first-order valence-corrected chi connectivity index (χ1v) is 6.67. The first kappa shape index (κ1) is 14.6. The number of hydrogen-bond acceptors (Lipinski definition) is 4. The van der Waals surface area contributed by atoms with E-state index in [0.717, 1.165) is 44.2 Å². The van der Waals surface area contributed by atoms with Crippen molar-refractivity contribution in [2.24, 2.45) is 23.3 Å². The number of nitrogens with two attached hydrogens (primary N) is 2. The maximum atomic E-state index is 10.3. The Morgan fingerprint density at radius 1 is 1.29 bits per heavy atom. The van der Waals surface area contributed by atoms with Crippen molar-refractivity contribution in [1.82, 2.24) is 0 Å². The molecule has 0 amide bonds.